The summed E-state index contributed by atoms with van der Waals surface area (Å²) in [6.07, 6.45) is 1.34. The van der Waals surface area contributed by atoms with Crippen LogP contribution in [0.25, 0.3) is 0 Å². The summed E-state index contributed by atoms with van der Waals surface area (Å²) in [4.78, 5) is 22.6. The highest BCUT2D eigenvalue weighted by Gasteiger charge is 2.37. The number of fused-ring (bicyclic) bond motifs is 3. The molecule has 1 unspecified atom stereocenters. The summed E-state index contributed by atoms with van der Waals surface area (Å²) in [6.45, 7) is 3.83. The fraction of sp³-hybridized carbons (Fsp3) is 0.533. The third-order valence-corrected chi connectivity index (χ3v) is 4.57. The minimum Gasteiger partial charge on any atom is -0.486 e. The summed E-state index contributed by atoms with van der Waals surface area (Å²) >= 11 is 6.16. The smallest absolute Gasteiger partial charge is 0.358 e. The van der Waals surface area contributed by atoms with E-state index < -0.39 is 5.97 Å². The number of nitrogens with zero attached hydrogens (tertiary/aromatic N) is 6. The quantitative estimate of drug-likeness (QED) is 0.557. The van der Waals surface area contributed by atoms with Crippen molar-refractivity contribution in [2.75, 3.05) is 31.8 Å². The van der Waals surface area contributed by atoms with Crippen LogP contribution in [-0.2, 0) is 16.0 Å². The number of anilines is 1. The van der Waals surface area contributed by atoms with E-state index in [2.05, 4.69) is 32.1 Å². The predicted molar refractivity (Wildman–Crippen MR) is 89.5 cm³/mol. The molecule has 0 N–H and O–H groups in total. The van der Waals surface area contributed by atoms with E-state index in [1.165, 1.54) is 18.0 Å². The molecule has 2 aromatic rings. The van der Waals surface area contributed by atoms with Crippen LogP contribution in [0.3, 0.4) is 0 Å². The molecule has 2 aliphatic heterocycles. The van der Waals surface area contributed by atoms with Crippen LogP contribution in [0.5, 0.6) is 5.75 Å². The highest BCUT2D eigenvalue weighted by molar-refractivity contribution is 6.28. The van der Waals surface area contributed by atoms with Gasteiger partial charge in [0.25, 0.3) is 0 Å². The first-order valence-electron chi connectivity index (χ1n) is 8.10. The lowest BCUT2D eigenvalue weighted by Crippen LogP contribution is -2.56. The molecule has 10 nitrogen and oxygen atoms in total. The van der Waals surface area contributed by atoms with Crippen LogP contribution in [0.2, 0.25) is 5.28 Å². The van der Waals surface area contributed by atoms with Crippen molar-refractivity contribution in [2.24, 2.45) is 0 Å². The molecule has 11 heteroatoms. The Labute approximate surface area is 154 Å². The third kappa shape index (κ3) is 2.84. The molecule has 0 aliphatic carbocycles. The maximum absolute atomic E-state index is 11.8. The molecule has 0 saturated carbocycles. The number of methoxy groups -OCH3 is 1. The van der Waals surface area contributed by atoms with Crippen LogP contribution in [-0.4, -0.2) is 69.9 Å². The van der Waals surface area contributed by atoms with Gasteiger partial charge in [-0.25, -0.2) is 14.5 Å². The van der Waals surface area contributed by atoms with Gasteiger partial charge in [-0.1, -0.05) is 5.21 Å². The summed E-state index contributed by atoms with van der Waals surface area (Å²) in [6, 6.07) is 0.203. The van der Waals surface area contributed by atoms with Crippen molar-refractivity contribution in [3.8, 4) is 5.75 Å². The van der Waals surface area contributed by atoms with Crippen molar-refractivity contribution in [3.63, 3.8) is 0 Å². The topological polar surface area (TPSA) is 104 Å². The molecule has 2 atom stereocenters. The van der Waals surface area contributed by atoms with Gasteiger partial charge in [0, 0.05) is 0 Å². The molecule has 4 rings (SSSR count). The molecule has 2 aromatic heterocycles. The zero-order valence-electron chi connectivity index (χ0n) is 14.3. The fourth-order valence-electron chi connectivity index (χ4n) is 3.25. The number of hydrogen-bond donors (Lipinski definition) is 0. The number of halogens is 1. The minimum absolute atomic E-state index is 0.0714. The second kappa shape index (κ2) is 6.69. The van der Waals surface area contributed by atoms with E-state index in [1.807, 2.05) is 0 Å². The zero-order chi connectivity index (χ0) is 18.3. The van der Waals surface area contributed by atoms with E-state index in [1.54, 1.807) is 0 Å². The summed E-state index contributed by atoms with van der Waals surface area (Å²) in [7, 11) is 1.30. The van der Waals surface area contributed by atoms with Crippen LogP contribution >= 0.6 is 11.6 Å². The lowest BCUT2D eigenvalue weighted by molar-refractivity contribution is 0.0482. The van der Waals surface area contributed by atoms with Crippen molar-refractivity contribution >= 4 is 23.4 Å². The number of esters is 1. The Hall–Kier alpha value is -2.46. The molecule has 0 spiro atoms. The Balaban J connectivity index is 1.73. The Morgan fingerprint density at radius 2 is 2.23 bits per heavy atom. The van der Waals surface area contributed by atoms with Crippen LogP contribution < -0.4 is 9.64 Å². The molecule has 26 heavy (non-hydrogen) atoms. The lowest BCUT2D eigenvalue weighted by atomic mass is 10.1. The van der Waals surface area contributed by atoms with E-state index in [0.717, 1.165) is 0 Å². The minimum atomic E-state index is -0.535. The van der Waals surface area contributed by atoms with E-state index in [0.29, 0.717) is 37.1 Å². The van der Waals surface area contributed by atoms with Gasteiger partial charge < -0.3 is 19.1 Å². The van der Waals surface area contributed by atoms with Gasteiger partial charge in [0.05, 0.1) is 45.1 Å². The van der Waals surface area contributed by atoms with Gasteiger partial charge in [-0.15, -0.1) is 5.10 Å². The highest BCUT2D eigenvalue weighted by Crippen LogP contribution is 2.38. The monoisotopic (exact) mass is 380 g/mol. The van der Waals surface area contributed by atoms with Crippen molar-refractivity contribution in [1.82, 2.24) is 25.0 Å². The average molecular weight is 381 g/mol. The molecule has 0 aromatic carbocycles. The Bertz CT molecular complexity index is 844. The van der Waals surface area contributed by atoms with Crippen molar-refractivity contribution < 1.29 is 19.0 Å². The van der Waals surface area contributed by atoms with E-state index in [-0.39, 0.29) is 29.6 Å². The summed E-state index contributed by atoms with van der Waals surface area (Å²) in [5.74, 6) is 0.629. The number of ether oxygens (including phenoxy) is 3. The second-order valence-electron chi connectivity index (χ2n) is 6.12. The molecule has 0 amide bonds. The number of carbonyl (C=O) groups is 1. The van der Waals surface area contributed by atoms with Crippen molar-refractivity contribution in [3.05, 3.63) is 22.9 Å². The lowest BCUT2D eigenvalue weighted by Gasteiger charge is -2.44. The van der Waals surface area contributed by atoms with E-state index >= 15 is 0 Å². The number of morpholine rings is 1. The molecule has 138 valence electrons. The molecule has 4 heterocycles. The largest absolute Gasteiger partial charge is 0.486 e. The molecule has 0 bridgehead atoms. The highest BCUT2D eigenvalue weighted by atomic mass is 35.5. The number of rotatable bonds is 3. The van der Waals surface area contributed by atoms with Gasteiger partial charge >= 0.3 is 5.97 Å². The molecule has 2 aliphatic rings. The first-order chi connectivity index (χ1) is 12.6. The Kier molecular flexibility index (Phi) is 4.37. The molecular weight excluding hydrogens is 364 g/mol. The maximum atomic E-state index is 11.8. The van der Waals surface area contributed by atoms with Gasteiger partial charge in [-0.05, 0) is 18.5 Å². The molecule has 1 saturated heterocycles. The zero-order valence-corrected chi connectivity index (χ0v) is 15.0. The van der Waals surface area contributed by atoms with Gasteiger partial charge in [-0.2, -0.15) is 4.98 Å². The van der Waals surface area contributed by atoms with E-state index in [9.17, 15) is 4.79 Å². The fourth-order valence-corrected chi connectivity index (χ4v) is 3.43. The Morgan fingerprint density at radius 3 is 3.04 bits per heavy atom. The van der Waals surface area contributed by atoms with Crippen LogP contribution in [0.1, 0.15) is 23.1 Å². The van der Waals surface area contributed by atoms with Crippen LogP contribution in [0.4, 0.5) is 5.82 Å². The summed E-state index contributed by atoms with van der Waals surface area (Å²) in [5.41, 5.74) is 0.734. The normalized spacial score (nSPS) is 21.6. The number of hydrogen-bond acceptors (Lipinski definition) is 9. The van der Waals surface area contributed by atoms with Crippen molar-refractivity contribution in [2.45, 2.75) is 25.6 Å². The first-order valence-corrected chi connectivity index (χ1v) is 8.48. The molecule has 0 radical (unpaired) electrons. The summed E-state index contributed by atoms with van der Waals surface area (Å²) in [5, 5.41) is 7.79. The average Bonchev–Trinajstić information content (AvgIpc) is 3.09. The third-order valence-electron chi connectivity index (χ3n) is 4.40. The second-order valence-corrected chi connectivity index (χ2v) is 6.46. The molecule has 1 fully saturated rings. The Morgan fingerprint density at radius 1 is 1.38 bits per heavy atom. The summed E-state index contributed by atoms with van der Waals surface area (Å²) < 4.78 is 17.6. The van der Waals surface area contributed by atoms with Gasteiger partial charge in [0.15, 0.2) is 17.3 Å². The van der Waals surface area contributed by atoms with Gasteiger partial charge in [0.1, 0.15) is 12.3 Å². The van der Waals surface area contributed by atoms with E-state index in [4.69, 9.17) is 25.8 Å². The number of aromatic nitrogens is 5. The predicted octanol–water partition coefficient (Wildman–Crippen LogP) is 0.542. The maximum Gasteiger partial charge on any atom is 0.358 e. The number of carbonyl (C=O) groups excluding carboxylic acids is 1. The van der Waals surface area contributed by atoms with Crippen LogP contribution in [0.15, 0.2) is 6.20 Å². The van der Waals surface area contributed by atoms with Crippen molar-refractivity contribution in [1.29, 1.82) is 0 Å². The van der Waals surface area contributed by atoms with Gasteiger partial charge in [-0.3, -0.25) is 0 Å². The molecular formula is C15H17ClN6O4. The SMILES string of the molecule is COC(=O)c1cnnn1Cc1nc(Cl)nc2c1OCC1COC[C@@H](C)N21. The standard InChI is InChI=1S/C15H17ClN6O4/c1-8-5-25-6-9-7-26-12-10(18-15(16)19-13(12)22(8)9)4-21-11(3-17-20-21)14(23)24-2/h3,8-9H,4-7H2,1-2H3/t8-,9?/m1/s1. The van der Waals surface area contributed by atoms with Crippen LogP contribution in [0, 0.1) is 0 Å². The van der Waals surface area contributed by atoms with Gasteiger partial charge in [0.2, 0.25) is 5.28 Å². The first kappa shape index (κ1) is 17.0.